The number of carbonyl (C=O) groups is 1. The molecule has 0 aromatic heterocycles. The molecule has 1 aliphatic heterocycles. The summed E-state index contributed by atoms with van der Waals surface area (Å²) in [7, 11) is 0. The third-order valence-corrected chi connectivity index (χ3v) is 2.06. The van der Waals surface area contributed by atoms with Gasteiger partial charge in [-0.2, -0.15) is 0 Å². The van der Waals surface area contributed by atoms with Crippen LogP contribution in [0.25, 0.3) is 0 Å². The van der Waals surface area contributed by atoms with Crippen LogP contribution in [-0.4, -0.2) is 25.0 Å². The van der Waals surface area contributed by atoms with Crippen LogP contribution in [0.15, 0.2) is 43.0 Å². The van der Waals surface area contributed by atoms with E-state index in [1.54, 1.807) is 12.1 Å². The van der Waals surface area contributed by atoms with Crippen LogP contribution in [0.2, 0.25) is 0 Å². The van der Waals surface area contributed by atoms with E-state index in [0.29, 0.717) is 12.4 Å². The lowest BCUT2D eigenvalue weighted by Gasteiger charge is -2.16. The number of ether oxygens (including phenoxy) is 3. The quantitative estimate of drug-likeness (QED) is 0.327. The molecule has 1 fully saturated rings. The van der Waals surface area contributed by atoms with Gasteiger partial charge in [-0.1, -0.05) is 24.8 Å². The highest BCUT2D eigenvalue weighted by Crippen LogP contribution is 2.21. The van der Waals surface area contributed by atoms with Crippen LogP contribution in [0.4, 0.5) is 0 Å². The predicted octanol–water partition coefficient (Wildman–Crippen LogP) is 1.52. The van der Waals surface area contributed by atoms with Crippen LogP contribution in [0.1, 0.15) is 0 Å². The molecule has 0 aliphatic carbocycles. The van der Waals surface area contributed by atoms with E-state index >= 15 is 0 Å². The van der Waals surface area contributed by atoms with Gasteiger partial charge in [-0.15, -0.1) is 0 Å². The number of carbonyl (C=O) groups excluding carboxylic acids is 1. The van der Waals surface area contributed by atoms with Gasteiger partial charge in [-0.25, -0.2) is 4.79 Å². The van der Waals surface area contributed by atoms with Gasteiger partial charge in [0.15, 0.2) is 6.10 Å². The van der Waals surface area contributed by atoms with Gasteiger partial charge >= 0.3 is 5.97 Å². The third kappa shape index (κ3) is 2.84. The van der Waals surface area contributed by atoms with Gasteiger partial charge < -0.3 is 14.2 Å². The highest BCUT2D eigenvalue weighted by atomic mass is 16.7. The fourth-order valence-electron chi connectivity index (χ4n) is 1.18. The number of epoxide rings is 1. The number of benzene rings is 1. The predicted molar refractivity (Wildman–Crippen MR) is 56.9 cm³/mol. The van der Waals surface area contributed by atoms with Gasteiger partial charge in [0.2, 0.25) is 0 Å². The van der Waals surface area contributed by atoms with Crippen LogP contribution >= 0.6 is 0 Å². The fraction of sp³-hybridized carbons (Fsp3) is 0.250. The summed E-state index contributed by atoms with van der Waals surface area (Å²) in [6.45, 7) is 3.87. The molecule has 0 radical (unpaired) electrons. The molecular formula is C12H12O4. The van der Waals surface area contributed by atoms with Crippen molar-refractivity contribution < 1.29 is 19.0 Å². The average Bonchev–Trinajstić information content (AvgIpc) is 3.13. The first-order chi connectivity index (χ1) is 7.79. The first kappa shape index (κ1) is 10.7. The molecule has 1 heterocycles. The zero-order valence-corrected chi connectivity index (χ0v) is 8.67. The lowest BCUT2D eigenvalue weighted by molar-refractivity contribution is -0.160. The van der Waals surface area contributed by atoms with Gasteiger partial charge in [0.05, 0.1) is 6.61 Å². The Morgan fingerprint density at radius 1 is 1.50 bits per heavy atom. The normalized spacial score (nSPS) is 19.6. The molecule has 1 aromatic carbocycles. The molecule has 4 nitrogen and oxygen atoms in total. The Balaban J connectivity index is 1.97. The van der Waals surface area contributed by atoms with E-state index < -0.39 is 12.3 Å². The van der Waals surface area contributed by atoms with Crippen molar-refractivity contribution in [2.45, 2.75) is 12.4 Å². The van der Waals surface area contributed by atoms with Gasteiger partial charge in [0.1, 0.15) is 5.75 Å². The first-order valence-corrected chi connectivity index (χ1v) is 4.96. The van der Waals surface area contributed by atoms with Crippen molar-refractivity contribution in [3.8, 4) is 5.75 Å². The molecule has 0 N–H and O–H groups in total. The SMILES string of the molecule is C=CC(=O)OC(Oc1ccccc1)C1CO1. The number of rotatable bonds is 5. The molecule has 2 rings (SSSR count). The maximum atomic E-state index is 11.1. The Labute approximate surface area is 93.4 Å². The fourth-order valence-corrected chi connectivity index (χ4v) is 1.18. The standard InChI is InChI=1S/C12H12O4/c1-2-11(13)16-12(10-8-14-10)15-9-6-4-3-5-7-9/h2-7,10,12H,1,8H2. The second-order valence-corrected chi connectivity index (χ2v) is 3.31. The van der Waals surface area contributed by atoms with Gasteiger partial charge in [0, 0.05) is 6.08 Å². The molecule has 0 saturated carbocycles. The van der Waals surface area contributed by atoms with E-state index in [1.165, 1.54) is 0 Å². The third-order valence-electron chi connectivity index (χ3n) is 2.06. The van der Waals surface area contributed by atoms with Gasteiger partial charge in [0.25, 0.3) is 6.29 Å². The van der Waals surface area contributed by atoms with Crippen LogP contribution < -0.4 is 4.74 Å². The van der Waals surface area contributed by atoms with E-state index in [-0.39, 0.29) is 6.10 Å². The van der Waals surface area contributed by atoms with Crippen molar-refractivity contribution in [3.05, 3.63) is 43.0 Å². The first-order valence-electron chi connectivity index (χ1n) is 4.96. The van der Waals surface area contributed by atoms with E-state index in [0.717, 1.165) is 6.08 Å². The summed E-state index contributed by atoms with van der Waals surface area (Å²) in [5.74, 6) is 0.122. The van der Waals surface area contributed by atoms with Crippen LogP contribution in [-0.2, 0) is 14.3 Å². The minimum Gasteiger partial charge on any atom is -0.452 e. The average molecular weight is 220 g/mol. The molecule has 0 spiro atoms. The van der Waals surface area contributed by atoms with Crippen molar-refractivity contribution in [2.75, 3.05) is 6.61 Å². The summed E-state index contributed by atoms with van der Waals surface area (Å²) in [4.78, 5) is 11.1. The number of para-hydroxylation sites is 1. The Hall–Kier alpha value is -1.81. The van der Waals surface area contributed by atoms with Crippen molar-refractivity contribution in [2.24, 2.45) is 0 Å². The maximum Gasteiger partial charge on any atom is 0.333 e. The van der Waals surface area contributed by atoms with Crippen LogP contribution in [0.3, 0.4) is 0 Å². The minimum atomic E-state index is -0.701. The van der Waals surface area contributed by atoms with E-state index in [1.807, 2.05) is 18.2 Å². The van der Waals surface area contributed by atoms with Gasteiger partial charge in [-0.3, -0.25) is 0 Å². The van der Waals surface area contributed by atoms with Crippen molar-refractivity contribution in [1.82, 2.24) is 0 Å². The maximum absolute atomic E-state index is 11.1. The molecule has 2 unspecified atom stereocenters. The van der Waals surface area contributed by atoms with Crippen LogP contribution in [0, 0.1) is 0 Å². The van der Waals surface area contributed by atoms with Crippen molar-refractivity contribution in [1.29, 1.82) is 0 Å². The lowest BCUT2D eigenvalue weighted by Crippen LogP contribution is -2.29. The van der Waals surface area contributed by atoms with Crippen LogP contribution in [0.5, 0.6) is 5.75 Å². The number of hydrogen-bond acceptors (Lipinski definition) is 4. The number of esters is 1. The molecular weight excluding hydrogens is 208 g/mol. The highest BCUT2D eigenvalue weighted by molar-refractivity contribution is 5.81. The molecule has 1 saturated heterocycles. The molecule has 2 atom stereocenters. The summed E-state index contributed by atoms with van der Waals surface area (Å²) in [6.07, 6.45) is 0.223. The zero-order valence-electron chi connectivity index (χ0n) is 8.67. The molecule has 4 heteroatoms. The smallest absolute Gasteiger partial charge is 0.333 e. The van der Waals surface area contributed by atoms with Crippen molar-refractivity contribution in [3.63, 3.8) is 0 Å². The molecule has 1 aliphatic rings. The molecule has 16 heavy (non-hydrogen) atoms. The molecule has 84 valence electrons. The monoisotopic (exact) mass is 220 g/mol. The van der Waals surface area contributed by atoms with E-state index in [2.05, 4.69) is 6.58 Å². The molecule has 0 bridgehead atoms. The molecule has 1 aromatic rings. The largest absolute Gasteiger partial charge is 0.452 e. The topological polar surface area (TPSA) is 48.1 Å². The summed E-state index contributed by atoms with van der Waals surface area (Å²) in [6, 6.07) is 9.14. The second-order valence-electron chi connectivity index (χ2n) is 3.31. The Morgan fingerprint density at radius 3 is 2.75 bits per heavy atom. The minimum absolute atomic E-state index is 0.177. The second kappa shape index (κ2) is 4.81. The summed E-state index contributed by atoms with van der Waals surface area (Å²) < 4.78 is 15.6. The zero-order chi connectivity index (χ0) is 11.4. The highest BCUT2D eigenvalue weighted by Gasteiger charge is 2.37. The summed E-state index contributed by atoms with van der Waals surface area (Å²) in [5, 5.41) is 0. The molecule has 0 amide bonds. The number of hydrogen-bond donors (Lipinski definition) is 0. The summed E-state index contributed by atoms with van der Waals surface area (Å²) in [5.41, 5.74) is 0. The van der Waals surface area contributed by atoms with Crippen molar-refractivity contribution >= 4 is 5.97 Å². The Bertz CT molecular complexity index is 370. The lowest BCUT2D eigenvalue weighted by atomic mass is 10.3. The Morgan fingerprint density at radius 2 is 2.19 bits per heavy atom. The summed E-state index contributed by atoms with van der Waals surface area (Å²) >= 11 is 0. The Kier molecular flexibility index (Phi) is 3.22. The van der Waals surface area contributed by atoms with Gasteiger partial charge in [-0.05, 0) is 12.1 Å². The van der Waals surface area contributed by atoms with E-state index in [9.17, 15) is 4.79 Å². The van der Waals surface area contributed by atoms with E-state index in [4.69, 9.17) is 14.2 Å².